The summed E-state index contributed by atoms with van der Waals surface area (Å²) in [5, 5.41) is 5.88. The van der Waals surface area contributed by atoms with Gasteiger partial charge in [0.2, 0.25) is 0 Å². The third-order valence-corrected chi connectivity index (χ3v) is 8.09. The van der Waals surface area contributed by atoms with Gasteiger partial charge in [-0.15, -0.1) is 0 Å². The molecule has 1 saturated heterocycles. The highest BCUT2D eigenvalue weighted by atomic mass is 16.5. The second-order valence-corrected chi connectivity index (χ2v) is 11.3. The van der Waals surface area contributed by atoms with Crippen LogP contribution in [0.1, 0.15) is 76.0 Å². The van der Waals surface area contributed by atoms with Crippen molar-refractivity contribution < 1.29 is 33.3 Å². The Hall–Kier alpha value is -3.50. The van der Waals surface area contributed by atoms with Gasteiger partial charge in [0.25, 0.3) is 0 Å². The van der Waals surface area contributed by atoms with E-state index in [9.17, 15) is 9.59 Å². The number of ether oxygens (including phenoxy) is 5. The van der Waals surface area contributed by atoms with Gasteiger partial charge in [-0.2, -0.15) is 0 Å². The second-order valence-electron chi connectivity index (χ2n) is 11.3. The van der Waals surface area contributed by atoms with Crippen LogP contribution in [0.25, 0.3) is 0 Å². The number of hydrogen-bond donors (Lipinski definition) is 2. The highest BCUT2D eigenvalue weighted by Gasteiger charge is 2.19. The van der Waals surface area contributed by atoms with E-state index in [0.717, 1.165) is 75.4 Å². The summed E-state index contributed by atoms with van der Waals surface area (Å²) in [5.74, 6) is 1.87. The molecule has 0 aliphatic carbocycles. The number of aryl methyl sites for hydroxylation is 1. The number of amides is 2. The number of hydrogen-bond acceptors (Lipinski definition) is 8. The molecule has 45 heavy (non-hydrogen) atoms. The summed E-state index contributed by atoms with van der Waals surface area (Å²) in [6, 6.07) is 13.8. The van der Waals surface area contributed by atoms with Gasteiger partial charge >= 0.3 is 12.0 Å². The number of morpholine rings is 1. The lowest BCUT2D eigenvalue weighted by Gasteiger charge is -2.26. The van der Waals surface area contributed by atoms with Gasteiger partial charge in [-0.1, -0.05) is 38.5 Å². The SMILES string of the molecule is CCC(CC)NC(=O)NCCCCCC(=O)O[C@H](CCc1ccc(OC)c(OC)c1)c1cccc(OCCN2CCOCC2)c1. The van der Waals surface area contributed by atoms with E-state index < -0.39 is 6.10 Å². The van der Waals surface area contributed by atoms with Crippen LogP contribution in [0.2, 0.25) is 0 Å². The molecule has 1 atom stereocenters. The van der Waals surface area contributed by atoms with Gasteiger partial charge in [0.15, 0.2) is 11.5 Å². The first-order valence-corrected chi connectivity index (χ1v) is 16.4. The van der Waals surface area contributed by atoms with Crippen LogP contribution in [-0.2, 0) is 20.7 Å². The van der Waals surface area contributed by atoms with Crippen molar-refractivity contribution in [1.29, 1.82) is 0 Å². The molecule has 0 unspecified atom stereocenters. The minimum Gasteiger partial charge on any atom is -0.493 e. The van der Waals surface area contributed by atoms with Crippen LogP contribution in [-0.4, -0.2) is 83.2 Å². The monoisotopic (exact) mass is 627 g/mol. The Morgan fingerprint density at radius 3 is 2.47 bits per heavy atom. The van der Waals surface area contributed by atoms with Crippen molar-refractivity contribution in [2.24, 2.45) is 0 Å². The molecule has 2 amide bonds. The average molecular weight is 628 g/mol. The molecular formula is C35H53N3O7. The Balaban J connectivity index is 1.54. The standard InChI is InChI=1S/C35H53N3O7/c1-5-29(6-2)37-35(40)36-18-9-7-8-13-34(39)45-31(16-14-27-15-17-32(41-3)33(25-27)42-4)28-11-10-12-30(26-28)44-24-21-38-19-22-43-23-20-38/h10-12,15,17,25-26,29,31H,5-9,13-14,16,18-24H2,1-4H3,(H2,36,37,40)/t31-/m1/s1. The summed E-state index contributed by atoms with van der Waals surface area (Å²) >= 11 is 0. The molecule has 0 aromatic heterocycles. The fourth-order valence-corrected chi connectivity index (χ4v) is 5.27. The van der Waals surface area contributed by atoms with Crippen molar-refractivity contribution in [2.75, 3.05) is 60.2 Å². The number of esters is 1. The Morgan fingerprint density at radius 1 is 0.956 bits per heavy atom. The number of carbonyl (C=O) groups is 2. The van der Waals surface area contributed by atoms with Gasteiger partial charge in [-0.3, -0.25) is 9.69 Å². The Labute approximate surface area is 269 Å². The van der Waals surface area contributed by atoms with Gasteiger partial charge in [0.1, 0.15) is 18.5 Å². The zero-order chi connectivity index (χ0) is 32.3. The normalized spacial score (nSPS) is 14.1. The Morgan fingerprint density at radius 2 is 1.73 bits per heavy atom. The highest BCUT2D eigenvalue weighted by molar-refractivity contribution is 5.74. The van der Waals surface area contributed by atoms with E-state index >= 15 is 0 Å². The van der Waals surface area contributed by atoms with E-state index in [0.29, 0.717) is 50.3 Å². The molecule has 1 aliphatic heterocycles. The van der Waals surface area contributed by atoms with Crippen molar-refractivity contribution in [3.05, 3.63) is 53.6 Å². The topological polar surface area (TPSA) is 108 Å². The second kappa shape index (κ2) is 20.5. The molecule has 1 fully saturated rings. The van der Waals surface area contributed by atoms with Crippen LogP contribution in [0, 0.1) is 0 Å². The maximum Gasteiger partial charge on any atom is 0.315 e. The summed E-state index contributed by atoms with van der Waals surface area (Å²) in [6.07, 6.45) is 5.33. The molecule has 2 aromatic carbocycles. The largest absolute Gasteiger partial charge is 0.493 e. The number of benzene rings is 2. The molecule has 2 aromatic rings. The van der Waals surface area contributed by atoms with E-state index in [1.165, 1.54) is 0 Å². The number of nitrogens with one attached hydrogen (secondary N) is 2. The van der Waals surface area contributed by atoms with Crippen LogP contribution in [0.5, 0.6) is 17.2 Å². The number of nitrogens with zero attached hydrogens (tertiary/aromatic N) is 1. The van der Waals surface area contributed by atoms with Gasteiger partial charge in [0, 0.05) is 38.6 Å². The number of rotatable bonds is 20. The first-order valence-electron chi connectivity index (χ1n) is 16.4. The first-order chi connectivity index (χ1) is 21.9. The molecule has 1 aliphatic rings. The number of urea groups is 1. The van der Waals surface area contributed by atoms with E-state index in [-0.39, 0.29) is 18.0 Å². The predicted molar refractivity (Wildman–Crippen MR) is 175 cm³/mol. The molecule has 1 heterocycles. The maximum absolute atomic E-state index is 13.0. The smallest absolute Gasteiger partial charge is 0.315 e. The molecule has 2 N–H and O–H groups in total. The van der Waals surface area contributed by atoms with Gasteiger partial charge in [0.05, 0.1) is 27.4 Å². The molecule has 0 saturated carbocycles. The van der Waals surface area contributed by atoms with Crippen molar-refractivity contribution in [2.45, 2.75) is 77.4 Å². The molecule has 3 rings (SSSR count). The number of unbranched alkanes of at least 4 members (excludes halogenated alkanes) is 2. The third-order valence-electron chi connectivity index (χ3n) is 8.09. The minimum atomic E-state index is -0.427. The van der Waals surface area contributed by atoms with Crippen molar-refractivity contribution in [1.82, 2.24) is 15.5 Å². The fourth-order valence-electron chi connectivity index (χ4n) is 5.27. The Bertz CT molecular complexity index is 1150. The average Bonchev–Trinajstić information content (AvgIpc) is 3.07. The van der Waals surface area contributed by atoms with Crippen LogP contribution < -0.4 is 24.8 Å². The summed E-state index contributed by atoms with van der Waals surface area (Å²) in [6.45, 7) is 9.47. The maximum atomic E-state index is 13.0. The third kappa shape index (κ3) is 13.2. The lowest BCUT2D eigenvalue weighted by molar-refractivity contribution is -0.150. The highest BCUT2D eigenvalue weighted by Crippen LogP contribution is 2.31. The van der Waals surface area contributed by atoms with E-state index in [4.69, 9.17) is 23.7 Å². The van der Waals surface area contributed by atoms with Gasteiger partial charge in [-0.25, -0.2) is 4.79 Å². The molecule has 10 nitrogen and oxygen atoms in total. The molecule has 0 spiro atoms. The number of methoxy groups -OCH3 is 2. The molecule has 0 radical (unpaired) electrons. The molecular weight excluding hydrogens is 574 g/mol. The first kappa shape index (κ1) is 36.0. The Kier molecular flexibility index (Phi) is 16.4. The van der Waals surface area contributed by atoms with Gasteiger partial charge < -0.3 is 34.3 Å². The van der Waals surface area contributed by atoms with Crippen LogP contribution >= 0.6 is 0 Å². The van der Waals surface area contributed by atoms with Crippen LogP contribution in [0.4, 0.5) is 4.79 Å². The predicted octanol–water partition coefficient (Wildman–Crippen LogP) is 5.68. The quantitative estimate of drug-likeness (QED) is 0.143. The zero-order valence-electron chi connectivity index (χ0n) is 27.6. The lowest BCUT2D eigenvalue weighted by atomic mass is 10.0. The van der Waals surface area contributed by atoms with E-state index in [1.807, 2.05) is 42.5 Å². The van der Waals surface area contributed by atoms with Crippen molar-refractivity contribution in [3.63, 3.8) is 0 Å². The molecule has 250 valence electrons. The molecule has 0 bridgehead atoms. The summed E-state index contributed by atoms with van der Waals surface area (Å²) in [7, 11) is 3.24. The zero-order valence-corrected chi connectivity index (χ0v) is 27.6. The van der Waals surface area contributed by atoms with Crippen LogP contribution in [0.15, 0.2) is 42.5 Å². The fraction of sp³-hybridized carbons (Fsp3) is 0.600. The summed E-state index contributed by atoms with van der Waals surface area (Å²) in [5.41, 5.74) is 1.97. The number of carbonyl (C=O) groups excluding carboxylic acids is 2. The van der Waals surface area contributed by atoms with Crippen LogP contribution in [0.3, 0.4) is 0 Å². The summed E-state index contributed by atoms with van der Waals surface area (Å²) in [4.78, 5) is 27.4. The summed E-state index contributed by atoms with van der Waals surface area (Å²) < 4.78 is 28.5. The van der Waals surface area contributed by atoms with Crippen molar-refractivity contribution >= 4 is 12.0 Å². The lowest BCUT2D eigenvalue weighted by Crippen LogP contribution is -2.41. The minimum absolute atomic E-state index is 0.132. The van der Waals surface area contributed by atoms with E-state index in [1.54, 1.807) is 14.2 Å². The molecule has 10 heteroatoms. The van der Waals surface area contributed by atoms with E-state index in [2.05, 4.69) is 29.4 Å². The van der Waals surface area contributed by atoms with Crippen molar-refractivity contribution in [3.8, 4) is 17.2 Å². The van der Waals surface area contributed by atoms with Gasteiger partial charge in [-0.05, 0) is 73.9 Å².